The fourth-order valence-corrected chi connectivity index (χ4v) is 4.05. The maximum absolute atomic E-state index is 12.5. The molecule has 1 spiro atoms. The van der Waals surface area contributed by atoms with Gasteiger partial charge in [-0.05, 0) is 72.3 Å². The number of rotatable bonds is 2. The van der Waals surface area contributed by atoms with Crippen LogP contribution in [-0.4, -0.2) is 47.3 Å². The Morgan fingerprint density at radius 2 is 2.00 bits per heavy atom. The van der Waals surface area contributed by atoms with Crippen LogP contribution in [-0.2, 0) is 14.3 Å². The quantitative estimate of drug-likeness (QED) is 0.734. The molecule has 0 amide bonds. The number of carbonyl (C=O) groups is 1. The molecule has 0 aromatic rings. The van der Waals surface area contributed by atoms with Gasteiger partial charge in [0.15, 0.2) is 0 Å². The van der Waals surface area contributed by atoms with E-state index in [4.69, 9.17) is 9.47 Å². The number of hydrogen-bond acceptors (Lipinski definition) is 4. The number of nitrogens with zero attached hydrogens (tertiary/aromatic N) is 1. The van der Waals surface area contributed by atoms with Crippen LogP contribution in [0.2, 0.25) is 0 Å². The molecule has 3 aliphatic rings. The van der Waals surface area contributed by atoms with Gasteiger partial charge in [0, 0.05) is 12.6 Å². The van der Waals surface area contributed by atoms with Crippen LogP contribution in [0.15, 0.2) is 0 Å². The number of likely N-dealkylation sites (tertiary alicyclic amines) is 1. The predicted octanol–water partition coefficient (Wildman–Crippen LogP) is 2.89. The van der Waals surface area contributed by atoms with E-state index in [1.54, 1.807) is 0 Å². The Hall–Kier alpha value is -0.610. The highest BCUT2D eigenvalue weighted by atomic mass is 16.6. The third-order valence-electron chi connectivity index (χ3n) is 5.17. The molecule has 1 unspecified atom stereocenters. The molecule has 2 atom stereocenters. The normalized spacial score (nSPS) is 32.9. The lowest BCUT2D eigenvalue weighted by Gasteiger charge is -2.49. The minimum Gasteiger partial charge on any atom is -0.459 e. The molecule has 3 fully saturated rings. The standard InChI is InChI=1S/C17H29NO3/c1-16(2,3)21-15(19)14-6-4-10-18(14)13-7-11-20-17(12-13)8-5-9-17/h13-14H,4-12H2,1-3H3/t13?,14-/m0/s1. The van der Waals surface area contributed by atoms with Crippen molar-refractivity contribution in [3.05, 3.63) is 0 Å². The third-order valence-corrected chi connectivity index (χ3v) is 5.17. The van der Waals surface area contributed by atoms with Crippen molar-refractivity contribution >= 4 is 5.97 Å². The molecule has 2 aliphatic heterocycles. The van der Waals surface area contributed by atoms with Gasteiger partial charge < -0.3 is 9.47 Å². The largest absolute Gasteiger partial charge is 0.459 e. The van der Waals surface area contributed by atoms with E-state index in [0.717, 1.165) is 38.8 Å². The van der Waals surface area contributed by atoms with Gasteiger partial charge in [-0.1, -0.05) is 0 Å². The highest BCUT2D eigenvalue weighted by Crippen LogP contribution is 2.44. The molecule has 0 N–H and O–H groups in total. The van der Waals surface area contributed by atoms with E-state index >= 15 is 0 Å². The molecule has 1 saturated carbocycles. The second-order valence-corrected chi connectivity index (χ2v) is 7.96. The molecule has 0 bridgehead atoms. The minimum absolute atomic E-state index is 0.0332. The monoisotopic (exact) mass is 295 g/mol. The van der Waals surface area contributed by atoms with Crippen molar-refractivity contribution in [2.75, 3.05) is 13.2 Å². The summed E-state index contributed by atoms with van der Waals surface area (Å²) in [5.41, 5.74) is -0.250. The summed E-state index contributed by atoms with van der Waals surface area (Å²) in [7, 11) is 0. The highest BCUT2D eigenvalue weighted by Gasteiger charge is 2.47. The lowest BCUT2D eigenvalue weighted by Crippen LogP contribution is -2.54. The Morgan fingerprint density at radius 3 is 2.62 bits per heavy atom. The summed E-state index contributed by atoms with van der Waals surface area (Å²) < 4.78 is 11.6. The van der Waals surface area contributed by atoms with Crippen molar-refractivity contribution in [3.63, 3.8) is 0 Å². The van der Waals surface area contributed by atoms with E-state index in [1.807, 2.05) is 20.8 Å². The van der Waals surface area contributed by atoms with Gasteiger partial charge in [-0.2, -0.15) is 0 Å². The number of esters is 1. The van der Waals surface area contributed by atoms with Gasteiger partial charge in [0.05, 0.1) is 5.60 Å². The van der Waals surface area contributed by atoms with Gasteiger partial charge in [0.2, 0.25) is 0 Å². The van der Waals surface area contributed by atoms with Crippen molar-refractivity contribution in [3.8, 4) is 0 Å². The van der Waals surface area contributed by atoms with Crippen molar-refractivity contribution in [2.24, 2.45) is 0 Å². The summed E-state index contributed by atoms with van der Waals surface area (Å²) in [6.45, 7) is 7.72. The van der Waals surface area contributed by atoms with Crippen LogP contribution >= 0.6 is 0 Å². The summed E-state index contributed by atoms with van der Waals surface area (Å²) in [4.78, 5) is 14.9. The third kappa shape index (κ3) is 3.26. The summed E-state index contributed by atoms with van der Waals surface area (Å²) in [6.07, 6.45) is 7.91. The molecule has 3 rings (SSSR count). The van der Waals surface area contributed by atoms with E-state index in [1.165, 1.54) is 19.3 Å². The predicted molar refractivity (Wildman–Crippen MR) is 81.1 cm³/mol. The lowest BCUT2D eigenvalue weighted by atomic mass is 9.73. The summed E-state index contributed by atoms with van der Waals surface area (Å²) in [5, 5.41) is 0. The topological polar surface area (TPSA) is 38.8 Å². The van der Waals surface area contributed by atoms with E-state index in [0.29, 0.717) is 6.04 Å². The van der Waals surface area contributed by atoms with E-state index < -0.39 is 5.60 Å². The molecule has 0 aromatic heterocycles. The first-order chi connectivity index (χ1) is 9.89. The smallest absolute Gasteiger partial charge is 0.323 e. The summed E-state index contributed by atoms with van der Waals surface area (Å²) in [5.74, 6) is -0.0332. The maximum Gasteiger partial charge on any atom is 0.323 e. The molecule has 2 heterocycles. The van der Waals surface area contributed by atoms with Gasteiger partial charge in [0.25, 0.3) is 0 Å². The Morgan fingerprint density at radius 1 is 1.24 bits per heavy atom. The Kier molecular flexibility index (Phi) is 4.04. The zero-order valence-corrected chi connectivity index (χ0v) is 13.7. The van der Waals surface area contributed by atoms with Gasteiger partial charge in [0.1, 0.15) is 11.6 Å². The average molecular weight is 295 g/mol. The zero-order chi connectivity index (χ0) is 15.1. The van der Waals surface area contributed by atoms with E-state index in [9.17, 15) is 4.79 Å². The second kappa shape index (κ2) is 5.54. The van der Waals surface area contributed by atoms with Crippen molar-refractivity contribution in [2.45, 2.75) is 89.0 Å². The highest BCUT2D eigenvalue weighted by molar-refractivity contribution is 5.76. The molecule has 0 aromatic carbocycles. The number of hydrogen-bond donors (Lipinski definition) is 0. The van der Waals surface area contributed by atoms with Gasteiger partial charge >= 0.3 is 5.97 Å². The minimum atomic E-state index is -0.393. The number of carbonyl (C=O) groups excluding carboxylic acids is 1. The maximum atomic E-state index is 12.5. The molecule has 4 nitrogen and oxygen atoms in total. The molecule has 120 valence electrons. The number of ether oxygens (including phenoxy) is 2. The second-order valence-electron chi connectivity index (χ2n) is 7.96. The van der Waals surface area contributed by atoms with Gasteiger partial charge in [-0.15, -0.1) is 0 Å². The Bertz CT molecular complexity index is 397. The first-order valence-electron chi connectivity index (χ1n) is 8.51. The van der Waals surface area contributed by atoms with Gasteiger partial charge in [-0.25, -0.2) is 0 Å². The lowest BCUT2D eigenvalue weighted by molar-refractivity contribution is -0.169. The molecular formula is C17H29NO3. The Balaban J connectivity index is 1.64. The SMILES string of the molecule is CC(C)(C)OC(=O)[C@@H]1CCCN1C1CCOC2(CCC2)C1. The van der Waals surface area contributed by atoms with Crippen LogP contribution in [0.4, 0.5) is 0 Å². The fraction of sp³-hybridized carbons (Fsp3) is 0.941. The van der Waals surface area contributed by atoms with Crippen LogP contribution in [0.25, 0.3) is 0 Å². The molecule has 1 aliphatic carbocycles. The van der Waals surface area contributed by atoms with Crippen LogP contribution in [0.1, 0.15) is 65.7 Å². The van der Waals surface area contributed by atoms with E-state index in [2.05, 4.69) is 4.90 Å². The zero-order valence-electron chi connectivity index (χ0n) is 13.7. The van der Waals surface area contributed by atoms with Crippen LogP contribution in [0.3, 0.4) is 0 Å². The van der Waals surface area contributed by atoms with Crippen molar-refractivity contribution in [1.29, 1.82) is 0 Å². The summed E-state index contributed by atoms with van der Waals surface area (Å²) >= 11 is 0. The van der Waals surface area contributed by atoms with Crippen LogP contribution < -0.4 is 0 Å². The molecule has 4 heteroatoms. The Labute approximate surface area is 128 Å². The summed E-state index contributed by atoms with van der Waals surface area (Å²) in [6, 6.07) is 0.462. The molecule has 2 saturated heterocycles. The van der Waals surface area contributed by atoms with Gasteiger partial charge in [-0.3, -0.25) is 9.69 Å². The van der Waals surface area contributed by atoms with Crippen molar-refractivity contribution < 1.29 is 14.3 Å². The van der Waals surface area contributed by atoms with Crippen LogP contribution in [0, 0.1) is 0 Å². The van der Waals surface area contributed by atoms with Crippen LogP contribution in [0.5, 0.6) is 0 Å². The first kappa shape index (κ1) is 15.3. The average Bonchev–Trinajstić information content (AvgIpc) is 2.84. The fourth-order valence-electron chi connectivity index (χ4n) is 4.05. The molecular weight excluding hydrogens is 266 g/mol. The van der Waals surface area contributed by atoms with Crippen molar-refractivity contribution in [1.82, 2.24) is 4.90 Å². The van der Waals surface area contributed by atoms with E-state index in [-0.39, 0.29) is 17.6 Å². The molecule has 0 radical (unpaired) electrons. The molecule has 21 heavy (non-hydrogen) atoms. The first-order valence-corrected chi connectivity index (χ1v) is 8.51.